The van der Waals surface area contributed by atoms with Gasteiger partial charge in [0.25, 0.3) is 5.91 Å². The lowest BCUT2D eigenvalue weighted by molar-refractivity contribution is -0.131. The van der Waals surface area contributed by atoms with Crippen molar-refractivity contribution in [1.29, 1.82) is 0 Å². The number of piperazine rings is 1. The Balaban J connectivity index is 1.40. The number of hydrogen-bond donors (Lipinski definition) is 1. The summed E-state index contributed by atoms with van der Waals surface area (Å²) < 4.78 is 27.0. The summed E-state index contributed by atoms with van der Waals surface area (Å²) in [6, 6.07) is 9.82. The molecular formula is C33H39FN8O3. The van der Waals surface area contributed by atoms with Crippen LogP contribution in [0.15, 0.2) is 42.7 Å². The van der Waals surface area contributed by atoms with Crippen molar-refractivity contribution in [2.24, 2.45) is 0 Å². The van der Waals surface area contributed by atoms with Gasteiger partial charge in [0, 0.05) is 43.0 Å². The molecule has 45 heavy (non-hydrogen) atoms. The SMILES string of the molecule is [C-]#[N+]C[C@H]1CN(c2nc(OC[C@@H]3CCCN3C)nc3c2C(C)(C)OC(c2nc(N)cc4ccccc24)C3)CCN1C(=O)C(=C)F. The predicted octanol–water partition coefficient (Wildman–Crippen LogP) is 4.05. The van der Waals surface area contributed by atoms with Crippen LogP contribution in [0.25, 0.3) is 15.6 Å². The van der Waals surface area contributed by atoms with Gasteiger partial charge in [-0.3, -0.25) is 4.79 Å². The van der Waals surface area contributed by atoms with E-state index >= 15 is 0 Å². The maximum absolute atomic E-state index is 13.9. The van der Waals surface area contributed by atoms with Crippen molar-refractivity contribution < 1.29 is 18.7 Å². The number of amides is 1. The molecule has 3 aliphatic rings. The average Bonchev–Trinajstić information content (AvgIpc) is 3.42. The van der Waals surface area contributed by atoms with Gasteiger partial charge in [-0.1, -0.05) is 30.8 Å². The molecule has 2 N–H and O–H groups in total. The van der Waals surface area contributed by atoms with Crippen LogP contribution in [0.1, 0.15) is 49.7 Å². The molecule has 0 saturated carbocycles. The Kier molecular flexibility index (Phi) is 8.33. The third kappa shape index (κ3) is 6.02. The van der Waals surface area contributed by atoms with Crippen molar-refractivity contribution in [3.63, 3.8) is 0 Å². The van der Waals surface area contributed by atoms with Crippen molar-refractivity contribution in [1.82, 2.24) is 24.8 Å². The van der Waals surface area contributed by atoms with E-state index in [1.54, 1.807) is 0 Å². The van der Waals surface area contributed by atoms with Crippen LogP contribution in [0, 0.1) is 6.57 Å². The second-order valence-corrected chi connectivity index (χ2v) is 12.6. The molecule has 0 spiro atoms. The van der Waals surface area contributed by atoms with E-state index in [-0.39, 0.29) is 31.7 Å². The van der Waals surface area contributed by atoms with E-state index < -0.39 is 29.5 Å². The Hall–Kier alpha value is -4.34. The number of likely N-dealkylation sites (tertiary alicyclic amines) is 1. The van der Waals surface area contributed by atoms with Crippen LogP contribution in [-0.2, 0) is 21.6 Å². The number of benzene rings is 1. The Labute approximate surface area is 262 Å². The normalized spacial score (nSPS) is 23.0. The van der Waals surface area contributed by atoms with Crippen LogP contribution >= 0.6 is 0 Å². The van der Waals surface area contributed by atoms with Gasteiger partial charge in [-0.25, -0.2) is 15.9 Å². The number of carbonyl (C=O) groups excluding carboxylic acids is 1. The second-order valence-electron chi connectivity index (χ2n) is 12.6. The molecule has 0 aliphatic carbocycles. The first-order valence-corrected chi connectivity index (χ1v) is 15.4. The number of likely N-dealkylation sites (N-methyl/N-ethyl adjacent to an activating group) is 1. The van der Waals surface area contributed by atoms with Crippen LogP contribution in [0.3, 0.4) is 0 Å². The van der Waals surface area contributed by atoms with E-state index in [1.807, 2.05) is 49.1 Å². The summed E-state index contributed by atoms with van der Waals surface area (Å²) in [5, 5.41) is 1.94. The molecule has 6 rings (SSSR count). The smallest absolute Gasteiger partial charge is 0.318 e. The van der Waals surface area contributed by atoms with Crippen LogP contribution in [-0.4, -0.2) is 89.1 Å². The van der Waals surface area contributed by atoms with Gasteiger partial charge >= 0.3 is 6.01 Å². The number of anilines is 2. The molecular weight excluding hydrogens is 575 g/mol. The van der Waals surface area contributed by atoms with Gasteiger partial charge in [0.05, 0.1) is 17.0 Å². The van der Waals surface area contributed by atoms with E-state index in [0.717, 1.165) is 47.1 Å². The quantitative estimate of drug-likeness (QED) is 0.311. The van der Waals surface area contributed by atoms with Gasteiger partial charge in [-0.15, -0.1) is 0 Å². The van der Waals surface area contributed by atoms with Crippen molar-refractivity contribution in [3.05, 3.63) is 71.1 Å². The number of pyridine rings is 1. The molecule has 1 aromatic carbocycles. The summed E-state index contributed by atoms with van der Waals surface area (Å²) in [6.45, 7) is 17.0. The molecule has 12 heteroatoms. The molecule has 11 nitrogen and oxygen atoms in total. The lowest BCUT2D eigenvalue weighted by Crippen LogP contribution is -2.57. The molecule has 2 aromatic heterocycles. The van der Waals surface area contributed by atoms with Crippen molar-refractivity contribution in [3.8, 4) is 6.01 Å². The number of nitrogen functional groups attached to an aromatic ring is 1. The third-order valence-electron chi connectivity index (χ3n) is 9.11. The fourth-order valence-corrected chi connectivity index (χ4v) is 6.90. The summed E-state index contributed by atoms with van der Waals surface area (Å²) in [5.74, 6) is -0.775. The van der Waals surface area contributed by atoms with Crippen molar-refractivity contribution in [2.45, 2.75) is 56.9 Å². The fourth-order valence-electron chi connectivity index (χ4n) is 6.90. The molecule has 3 aromatic rings. The Morgan fingerprint density at radius 1 is 1.22 bits per heavy atom. The molecule has 1 amide bonds. The molecule has 5 heterocycles. The highest BCUT2D eigenvalue weighted by Crippen LogP contribution is 2.46. The van der Waals surface area contributed by atoms with E-state index in [2.05, 4.69) is 23.4 Å². The summed E-state index contributed by atoms with van der Waals surface area (Å²) in [5.41, 5.74) is 7.73. The molecule has 1 unspecified atom stereocenters. The Bertz CT molecular complexity index is 1670. The van der Waals surface area contributed by atoms with Gasteiger partial charge in [-0.05, 0) is 51.7 Å². The van der Waals surface area contributed by atoms with Gasteiger partial charge in [0.1, 0.15) is 30.4 Å². The van der Waals surface area contributed by atoms with E-state index in [0.29, 0.717) is 31.2 Å². The lowest BCUT2D eigenvalue weighted by atomic mass is 9.88. The molecule has 3 atom stereocenters. The minimum Gasteiger partial charge on any atom is -0.462 e. The van der Waals surface area contributed by atoms with Crippen LogP contribution in [0.5, 0.6) is 6.01 Å². The first kappa shape index (κ1) is 30.7. The van der Waals surface area contributed by atoms with Gasteiger partial charge in [0.15, 0.2) is 5.83 Å². The molecule has 0 bridgehead atoms. The highest BCUT2D eigenvalue weighted by Gasteiger charge is 2.43. The number of nitrogens with two attached hydrogens (primary N) is 1. The summed E-state index contributed by atoms with van der Waals surface area (Å²) in [4.78, 5) is 36.5. The largest absolute Gasteiger partial charge is 0.462 e. The summed E-state index contributed by atoms with van der Waals surface area (Å²) in [7, 11) is 2.10. The first-order valence-electron chi connectivity index (χ1n) is 15.4. The third-order valence-corrected chi connectivity index (χ3v) is 9.11. The monoisotopic (exact) mass is 614 g/mol. The number of fused-ring (bicyclic) bond motifs is 2. The number of hydrogen-bond acceptors (Lipinski definition) is 9. The van der Waals surface area contributed by atoms with Crippen molar-refractivity contribution in [2.75, 3.05) is 57.0 Å². The summed E-state index contributed by atoms with van der Waals surface area (Å²) >= 11 is 0. The topological polar surface area (TPSA) is 114 Å². The Morgan fingerprint density at radius 3 is 2.76 bits per heavy atom. The molecule has 0 radical (unpaired) electrons. The van der Waals surface area contributed by atoms with E-state index in [9.17, 15) is 9.18 Å². The zero-order valence-corrected chi connectivity index (χ0v) is 26.0. The number of nitrogens with zero attached hydrogens (tertiary/aromatic N) is 7. The number of halogens is 1. The minimum atomic E-state index is -1.03. The standard InChI is InChI=1S/C33H39FN8O3/c1-20(34)31(43)42-14-13-41(18-23(42)17-36-4)30-28-25(37-32(39-30)44-19-22-10-8-12-40(22)5)16-26(45-33(28,2)3)29-24-11-7-6-9-21(24)15-27(35)38-29/h6-7,9,11,15,22-23,26H,1,8,10,12-14,16-19H2,2-3,5H3,(H2,35,38)/t22-,23-,26?/m0/s1. The molecule has 3 aliphatic heterocycles. The average molecular weight is 615 g/mol. The number of carbonyl (C=O) groups is 1. The van der Waals surface area contributed by atoms with E-state index in [1.165, 1.54) is 4.90 Å². The molecule has 236 valence electrons. The molecule has 2 fully saturated rings. The Morgan fingerprint density at radius 2 is 2.02 bits per heavy atom. The maximum Gasteiger partial charge on any atom is 0.318 e. The maximum atomic E-state index is 13.9. The number of rotatable bonds is 7. The fraction of sp³-hybridized carbons (Fsp3) is 0.485. The minimum absolute atomic E-state index is 0.0241. The van der Waals surface area contributed by atoms with Gasteiger partial charge < -0.3 is 34.8 Å². The number of aromatic nitrogens is 3. The number of ether oxygens (including phenoxy) is 2. The zero-order chi connectivity index (χ0) is 31.9. The molecule has 2 saturated heterocycles. The van der Waals surface area contributed by atoms with Crippen LogP contribution < -0.4 is 15.4 Å². The first-order chi connectivity index (χ1) is 21.6. The zero-order valence-electron chi connectivity index (χ0n) is 26.0. The highest BCUT2D eigenvalue weighted by molar-refractivity contribution is 5.91. The van der Waals surface area contributed by atoms with Crippen LogP contribution in [0.4, 0.5) is 16.0 Å². The van der Waals surface area contributed by atoms with Gasteiger partial charge in [0.2, 0.25) is 6.54 Å². The van der Waals surface area contributed by atoms with E-state index in [4.69, 9.17) is 36.7 Å². The predicted molar refractivity (Wildman–Crippen MR) is 169 cm³/mol. The lowest BCUT2D eigenvalue weighted by Gasteiger charge is -2.43. The summed E-state index contributed by atoms with van der Waals surface area (Å²) in [6.07, 6.45) is 2.14. The highest BCUT2D eigenvalue weighted by atomic mass is 19.1. The van der Waals surface area contributed by atoms with Crippen LogP contribution in [0.2, 0.25) is 0 Å². The van der Waals surface area contributed by atoms with Crippen molar-refractivity contribution >= 4 is 28.3 Å². The second kappa shape index (κ2) is 12.2. The van der Waals surface area contributed by atoms with Gasteiger partial charge in [-0.2, -0.15) is 9.97 Å².